The van der Waals surface area contributed by atoms with Crippen LogP contribution >= 0.6 is 11.9 Å². The summed E-state index contributed by atoms with van der Waals surface area (Å²) in [5.41, 5.74) is 5.47. The van der Waals surface area contributed by atoms with Crippen molar-refractivity contribution in [3.8, 4) is 0 Å². The molecule has 0 amide bonds. The Bertz CT molecular complexity index is 280. The molecule has 0 aliphatic heterocycles. The molecule has 0 fully saturated rings. The van der Waals surface area contributed by atoms with E-state index in [0.717, 1.165) is 58.8 Å². The first kappa shape index (κ1) is 31.1. The Labute approximate surface area is 199 Å². The van der Waals surface area contributed by atoms with Crippen LogP contribution in [0.3, 0.4) is 0 Å². The number of unbranched alkanes of at least 4 members (excludes halogenated alkanes) is 10. The van der Waals surface area contributed by atoms with Gasteiger partial charge in [0.15, 0.2) is 0 Å². The van der Waals surface area contributed by atoms with Gasteiger partial charge in [0.05, 0.1) is 0 Å². The predicted octanol–water partition coefficient (Wildman–Crippen LogP) is 4.82. The molecule has 6 heteroatoms. The maximum atomic E-state index is 5.47. The normalized spacial score (nSPS) is 11.4. The van der Waals surface area contributed by atoms with E-state index in [1.807, 2.05) is 11.9 Å². The van der Waals surface area contributed by atoms with Crippen molar-refractivity contribution in [1.82, 2.24) is 20.7 Å². The number of hydrogen-bond acceptors (Lipinski definition) is 6. The van der Waals surface area contributed by atoms with Crippen LogP contribution in [0.4, 0.5) is 0 Å². The Hall–Kier alpha value is 0.150. The third-order valence-corrected chi connectivity index (χ3v) is 6.46. The summed E-state index contributed by atoms with van der Waals surface area (Å²) in [6.45, 7) is 10.9. The van der Waals surface area contributed by atoms with Crippen LogP contribution in [0.1, 0.15) is 103 Å². The second kappa shape index (κ2) is 30.1. The molecule has 0 rings (SSSR count). The van der Waals surface area contributed by atoms with Gasteiger partial charge in [-0.1, -0.05) is 76.7 Å². The molecule has 0 saturated carbocycles. The Balaban J connectivity index is 2.98. The van der Waals surface area contributed by atoms with Crippen LogP contribution in [0, 0.1) is 0 Å². The molecule has 0 bridgehead atoms. The zero-order valence-corrected chi connectivity index (χ0v) is 21.8. The summed E-state index contributed by atoms with van der Waals surface area (Å²) in [6.07, 6.45) is 20.3. The zero-order chi connectivity index (χ0) is 22.5. The molecule has 0 aliphatic carbocycles. The summed E-state index contributed by atoms with van der Waals surface area (Å²) in [5.74, 6) is 1.26. The minimum atomic E-state index is 0.789. The summed E-state index contributed by atoms with van der Waals surface area (Å²) in [5, 5.41) is 10.5. The molecule has 0 aromatic carbocycles. The van der Waals surface area contributed by atoms with Crippen molar-refractivity contribution < 1.29 is 0 Å². The van der Waals surface area contributed by atoms with Gasteiger partial charge in [0, 0.05) is 12.3 Å². The van der Waals surface area contributed by atoms with Crippen molar-refractivity contribution in [2.45, 2.75) is 103 Å². The van der Waals surface area contributed by atoms with Crippen molar-refractivity contribution in [1.29, 1.82) is 0 Å². The van der Waals surface area contributed by atoms with E-state index in [2.05, 4.69) is 27.6 Å². The van der Waals surface area contributed by atoms with Crippen molar-refractivity contribution >= 4 is 11.9 Å². The Morgan fingerprint density at radius 1 is 0.484 bits per heavy atom. The first-order chi connectivity index (χ1) is 15.4. The second-order valence-electron chi connectivity index (χ2n) is 8.73. The standard InChI is InChI=1S/C25H57N5S/c1-2-3-4-5-6-7-8-9-10-13-25-31-30-24-16-23-29-22-15-21-28-19-12-11-18-27-20-14-17-26/h27-30H,2-26H2,1H3. The van der Waals surface area contributed by atoms with Gasteiger partial charge in [0.2, 0.25) is 0 Å². The number of nitrogens with two attached hydrogens (primary N) is 1. The highest BCUT2D eigenvalue weighted by Gasteiger charge is 1.95. The lowest BCUT2D eigenvalue weighted by molar-refractivity contribution is 0.553. The molecule has 0 atom stereocenters. The minimum absolute atomic E-state index is 0.789. The lowest BCUT2D eigenvalue weighted by Gasteiger charge is -2.08. The first-order valence-electron chi connectivity index (χ1n) is 13.6. The average Bonchev–Trinajstić information content (AvgIpc) is 2.78. The third kappa shape index (κ3) is 30.1. The molecule has 31 heavy (non-hydrogen) atoms. The van der Waals surface area contributed by atoms with Gasteiger partial charge < -0.3 is 21.7 Å². The van der Waals surface area contributed by atoms with Gasteiger partial charge in [-0.25, -0.2) is 0 Å². The summed E-state index contributed by atoms with van der Waals surface area (Å²) in [4.78, 5) is 0. The van der Waals surface area contributed by atoms with Gasteiger partial charge in [-0.05, 0) is 84.3 Å². The number of rotatable bonds is 28. The third-order valence-electron chi connectivity index (χ3n) is 5.56. The summed E-state index contributed by atoms with van der Waals surface area (Å²) >= 11 is 1.92. The molecule has 0 unspecified atom stereocenters. The quantitative estimate of drug-likeness (QED) is 0.0853. The van der Waals surface area contributed by atoms with Crippen molar-refractivity contribution in [2.75, 3.05) is 58.1 Å². The van der Waals surface area contributed by atoms with E-state index in [1.165, 1.54) is 95.6 Å². The van der Waals surface area contributed by atoms with E-state index in [1.54, 1.807) is 0 Å². The Morgan fingerprint density at radius 2 is 0.935 bits per heavy atom. The predicted molar refractivity (Wildman–Crippen MR) is 143 cm³/mol. The van der Waals surface area contributed by atoms with Crippen LogP contribution in [0.15, 0.2) is 0 Å². The van der Waals surface area contributed by atoms with Gasteiger partial charge in [-0.3, -0.25) is 4.72 Å². The molecule has 0 spiro atoms. The van der Waals surface area contributed by atoms with Crippen LogP contribution in [0.5, 0.6) is 0 Å². The highest BCUT2D eigenvalue weighted by Crippen LogP contribution is 2.11. The van der Waals surface area contributed by atoms with Crippen LogP contribution in [-0.4, -0.2) is 58.1 Å². The Morgan fingerprint density at radius 3 is 1.48 bits per heavy atom. The average molecular weight is 460 g/mol. The van der Waals surface area contributed by atoms with E-state index in [-0.39, 0.29) is 0 Å². The highest BCUT2D eigenvalue weighted by molar-refractivity contribution is 7.97. The van der Waals surface area contributed by atoms with Crippen LogP contribution in [0.25, 0.3) is 0 Å². The fourth-order valence-electron chi connectivity index (χ4n) is 3.53. The van der Waals surface area contributed by atoms with Gasteiger partial charge in [0.1, 0.15) is 0 Å². The van der Waals surface area contributed by atoms with Crippen molar-refractivity contribution in [3.63, 3.8) is 0 Å². The molecule has 0 aromatic heterocycles. The van der Waals surface area contributed by atoms with E-state index in [0.29, 0.717) is 0 Å². The molecule has 0 aromatic rings. The summed E-state index contributed by atoms with van der Waals surface area (Å²) in [7, 11) is 0. The fraction of sp³-hybridized carbons (Fsp3) is 1.00. The maximum absolute atomic E-state index is 5.47. The molecule has 0 heterocycles. The van der Waals surface area contributed by atoms with Gasteiger partial charge in [0.25, 0.3) is 0 Å². The maximum Gasteiger partial charge on any atom is 0.00786 e. The monoisotopic (exact) mass is 459 g/mol. The largest absolute Gasteiger partial charge is 0.330 e. The van der Waals surface area contributed by atoms with Gasteiger partial charge in [-0.2, -0.15) is 0 Å². The van der Waals surface area contributed by atoms with Crippen molar-refractivity contribution in [2.24, 2.45) is 5.73 Å². The molecule has 188 valence electrons. The molecule has 0 saturated heterocycles. The summed E-state index contributed by atoms with van der Waals surface area (Å²) < 4.78 is 3.52. The molecule has 0 radical (unpaired) electrons. The van der Waals surface area contributed by atoms with Crippen LogP contribution < -0.4 is 26.4 Å². The SMILES string of the molecule is CCCCCCCCCCCCSNCCCNCCCNCCCCNCCCN. The zero-order valence-electron chi connectivity index (χ0n) is 21.0. The van der Waals surface area contributed by atoms with Gasteiger partial charge in [-0.15, -0.1) is 0 Å². The highest BCUT2D eigenvalue weighted by atomic mass is 32.2. The van der Waals surface area contributed by atoms with E-state index in [4.69, 9.17) is 5.73 Å². The molecular formula is C25H57N5S. The Kier molecular flexibility index (Phi) is 30.3. The number of hydrogen-bond donors (Lipinski definition) is 5. The molecular weight excluding hydrogens is 402 g/mol. The van der Waals surface area contributed by atoms with Gasteiger partial charge >= 0.3 is 0 Å². The lowest BCUT2D eigenvalue weighted by atomic mass is 10.1. The molecule has 6 N–H and O–H groups in total. The van der Waals surface area contributed by atoms with Crippen LogP contribution in [-0.2, 0) is 0 Å². The van der Waals surface area contributed by atoms with E-state index >= 15 is 0 Å². The number of nitrogens with one attached hydrogen (secondary N) is 4. The molecule has 0 aliphatic rings. The second-order valence-corrected chi connectivity index (χ2v) is 9.72. The minimum Gasteiger partial charge on any atom is -0.330 e. The lowest BCUT2D eigenvalue weighted by Crippen LogP contribution is -2.25. The van der Waals surface area contributed by atoms with E-state index < -0.39 is 0 Å². The topological polar surface area (TPSA) is 74.1 Å². The summed E-state index contributed by atoms with van der Waals surface area (Å²) in [6, 6.07) is 0. The van der Waals surface area contributed by atoms with E-state index in [9.17, 15) is 0 Å². The first-order valence-corrected chi connectivity index (χ1v) is 14.6. The fourth-order valence-corrected chi connectivity index (χ4v) is 4.31. The van der Waals surface area contributed by atoms with Crippen molar-refractivity contribution in [3.05, 3.63) is 0 Å². The smallest absolute Gasteiger partial charge is 0.00786 e. The molecule has 5 nitrogen and oxygen atoms in total. The van der Waals surface area contributed by atoms with Crippen LogP contribution in [0.2, 0.25) is 0 Å².